The van der Waals surface area contributed by atoms with E-state index in [4.69, 9.17) is 22.3 Å². The van der Waals surface area contributed by atoms with Crippen molar-refractivity contribution in [1.82, 2.24) is 0 Å². The van der Waals surface area contributed by atoms with Crippen molar-refractivity contribution in [3.8, 4) is 0 Å². The van der Waals surface area contributed by atoms with E-state index in [-0.39, 0.29) is 9.79 Å². The highest BCUT2D eigenvalue weighted by molar-refractivity contribution is 8.13. The van der Waals surface area contributed by atoms with Gasteiger partial charge in [0.2, 0.25) is 9.84 Å². The molecule has 0 bridgehead atoms. The van der Waals surface area contributed by atoms with Crippen LogP contribution in [-0.4, -0.2) is 16.8 Å². The predicted octanol–water partition coefficient (Wildman–Crippen LogP) is 3.10. The molecule has 0 N–H and O–H groups in total. The summed E-state index contributed by atoms with van der Waals surface area (Å²) >= 11 is 5.89. The monoisotopic (exact) mass is 350 g/mol. The Balaban J connectivity index is 2.72. The van der Waals surface area contributed by atoms with Crippen molar-refractivity contribution in [3.05, 3.63) is 53.6 Å². The molecule has 0 unspecified atom stereocenters. The van der Waals surface area contributed by atoms with Gasteiger partial charge in [-0.05, 0) is 24.3 Å². The van der Waals surface area contributed by atoms with Crippen LogP contribution in [0.3, 0.4) is 0 Å². The molecule has 0 aliphatic carbocycles. The van der Waals surface area contributed by atoms with E-state index in [0.29, 0.717) is 0 Å². The van der Waals surface area contributed by atoms with E-state index in [2.05, 4.69) is 0 Å². The Morgan fingerprint density at radius 1 is 0.750 bits per heavy atom. The lowest BCUT2D eigenvalue weighted by molar-refractivity contribution is 0.596. The molecule has 0 saturated heterocycles. The number of rotatable bonds is 3. The van der Waals surface area contributed by atoms with Gasteiger partial charge < -0.3 is 0 Å². The molecule has 0 saturated carbocycles. The van der Waals surface area contributed by atoms with E-state index in [1.54, 1.807) is 18.2 Å². The number of benzene rings is 2. The first kappa shape index (κ1) is 15.3. The fourth-order valence-electron chi connectivity index (χ4n) is 1.61. The molecule has 2 rings (SSSR count). The van der Waals surface area contributed by atoms with Gasteiger partial charge in [0.05, 0.1) is 14.8 Å². The standard InChI is InChI=1S/C12H8Cl2O4S2/c13-12-10(7-4-8-11(12)20(14,17)18)19(15,16)9-5-2-1-3-6-9/h1-8H. The smallest absolute Gasteiger partial charge is 0.218 e. The maximum Gasteiger partial charge on any atom is 0.262 e. The van der Waals surface area contributed by atoms with E-state index >= 15 is 0 Å². The van der Waals surface area contributed by atoms with Crippen molar-refractivity contribution in [3.63, 3.8) is 0 Å². The van der Waals surface area contributed by atoms with E-state index in [1.807, 2.05) is 0 Å². The largest absolute Gasteiger partial charge is 0.262 e. The average molecular weight is 351 g/mol. The molecule has 0 spiro atoms. The van der Waals surface area contributed by atoms with Crippen LogP contribution < -0.4 is 0 Å². The van der Waals surface area contributed by atoms with E-state index in [9.17, 15) is 16.8 Å². The van der Waals surface area contributed by atoms with E-state index in [0.717, 1.165) is 6.07 Å². The molecule has 106 valence electrons. The lowest BCUT2D eigenvalue weighted by Gasteiger charge is -2.08. The number of halogens is 2. The van der Waals surface area contributed by atoms with Crippen LogP contribution in [-0.2, 0) is 18.9 Å². The van der Waals surface area contributed by atoms with E-state index in [1.165, 1.54) is 24.3 Å². The summed E-state index contributed by atoms with van der Waals surface area (Å²) in [6, 6.07) is 11.2. The minimum absolute atomic E-state index is 0.0195. The van der Waals surface area contributed by atoms with Crippen molar-refractivity contribution >= 4 is 41.2 Å². The second-order valence-electron chi connectivity index (χ2n) is 3.82. The summed E-state index contributed by atoms with van der Waals surface area (Å²) in [7, 11) is -2.81. The summed E-state index contributed by atoms with van der Waals surface area (Å²) < 4.78 is 47.5. The molecule has 0 heterocycles. The quantitative estimate of drug-likeness (QED) is 0.797. The second-order valence-corrected chi connectivity index (χ2v) is 8.65. The molecule has 0 atom stereocenters. The van der Waals surface area contributed by atoms with Crippen LogP contribution in [0.15, 0.2) is 63.2 Å². The minimum atomic E-state index is -4.12. The van der Waals surface area contributed by atoms with Gasteiger partial charge in [-0.25, -0.2) is 16.8 Å². The highest BCUT2D eigenvalue weighted by Crippen LogP contribution is 2.33. The molecule has 2 aromatic rings. The molecule has 0 aliphatic rings. The molecule has 2 aromatic carbocycles. The van der Waals surface area contributed by atoms with Crippen LogP contribution in [0.4, 0.5) is 0 Å². The predicted molar refractivity (Wildman–Crippen MR) is 76.4 cm³/mol. The Morgan fingerprint density at radius 3 is 1.85 bits per heavy atom. The number of hydrogen-bond acceptors (Lipinski definition) is 4. The fourth-order valence-corrected chi connectivity index (χ4v) is 4.86. The molecule has 0 aromatic heterocycles. The Labute approximate surface area is 126 Å². The molecule has 4 nitrogen and oxygen atoms in total. The van der Waals surface area contributed by atoms with Crippen LogP contribution in [0.2, 0.25) is 5.02 Å². The van der Waals surface area contributed by atoms with Gasteiger partial charge in [-0.15, -0.1) is 0 Å². The third-order valence-corrected chi connectivity index (χ3v) is 6.34. The van der Waals surface area contributed by atoms with Crippen molar-refractivity contribution in [2.24, 2.45) is 0 Å². The molecule has 0 radical (unpaired) electrons. The molecule has 0 amide bonds. The Bertz CT molecular complexity index is 844. The Kier molecular flexibility index (Phi) is 4.11. The summed E-state index contributed by atoms with van der Waals surface area (Å²) in [5.74, 6) is 0. The first-order chi connectivity index (χ1) is 9.24. The van der Waals surface area contributed by atoms with Gasteiger partial charge in [-0.3, -0.25) is 0 Å². The van der Waals surface area contributed by atoms with Gasteiger partial charge in [0, 0.05) is 10.7 Å². The Morgan fingerprint density at radius 2 is 1.30 bits per heavy atom. The second kappa shape index (κ2) is 5.37. The summed E-state index contributed by atoms with van der Waals surface area (Å²) in [6.45, 7) is 0. The normalized spacial score (nSPS) is 12.3. The van der Waals surface area contributed by atoms with Gasteiger partial charge in [-0.1, -0.05) is 35.9 Å². The van der Waals surface area contributed by atoms with E-state index < -0.39 is 28.8 Å². The molecular weight excluding hydrogens is 343 g/mol. The minimum Gasteiger partial charge on any atom is -0.218 e. The lowest BCUT2D eigenvalue weighted by atomic mass is 10.4. The van der Waals surface area contributed by atoms with Gasteiger partial charge >= 0.3 is 0 Å². The van der Waals surface area contributed by atoms with Crippen LogP contribution in [0.25, 0.3) is 0 Å². The fraction of sp³-hybridized carbons (Fsp3) is 0. The maximum absolute atomic E-state index is 12.4. The molecule has 20 heavy (non-hydrogen) atoms. The van der Waals surface area contributed by atoms with Gasteiger partial charge in [0.1, 0.15) is 4.90 Å². The van der Waals surface area contributed by atoms with Gasteiger partial charge in [-0.2, -0.15) is 0 Å². The summed E-state index contributed by atoms with van der Waals surface area (Å²) in [4.78, 5) is -0.712. The number of sulfone groups is 1. The lowest BCUT2D eigenvalue weighted by Crippen LogP contribution is -2.05. The summed E-state index contributed by atoms with van der Waals surface area (Å²) in [5, 5.41) is -0.411. The van der Waals surface area contributed by atoms with Crippen molar-refractivity contribution in [1.29, 1.82) is 0 Å². The SMILES string of the molecule is O=S(=O)(Cl)c1cccc(S(=O)(=O)c2ccccc2)c1Cl. The van der Waals surface area contributed by atoms with Gasteiger partial charge in [0.15, 0.2) is 0 Å². The maximum atomic E-state index is 12.4. The van der Waals surface area contributed by atoms with Crippen molar-refractivity contribution < 1.29 is 16.8 Å². The zero-order chi connectivity index (χ0) is 15.0. The van der Waals surface area contributed by atoms with Crippen molar-refractivity contribution in [2.45, 2.75) is 14.7 Å². The third-order valence-electron chi connectivity index (χ3n) is 2.53. The molecule has 0 fully saturated rings. The van der Waals surface area contributed by atoms with Crippen LogP contribution in [0.5, 0.6) is 0 Å². The van der Waals surface area contributed by atoms with Crippen LogP contribution in [0.1, 0.15) is 0 Å². The summed E-state index contributed by atoms with van der Waals surface area (Å²) in [5.41, 5.74) is 0. The molecular formula is C12H8Cl2O4S2. The highest BCUT2D eigenvalue weighted by Gasteiger charge is 2.25. The molecule has 0 aliphatic heterocycles. The topological polar surface area (TPSA) is 68.3 Å². The van der Waals surface area contributed by atoms with Crippen LogP contribution >= 0.6 is 22.3 Å². The average Bonchev–Trinajstić information content (AvgIpc) is 2.38. The zero-order valence-corrected chi connectivity index (χ0v) is 13.0. The Hall–Kier alpha value is -1.08. The zero-order valence-electron chi connectivity index (χ0n) is 9.82. The summed E-state index contributed by atoms with van der Waals surface area (Å²) in [6.07, 6.45) is 0. The first-order valence-electron chi connectivity index (χ1n) is 5.28. The third kappa shape index (κ3) is 2.83. The first-order valence-corrected chi connectivity index (χ1v) is 9.45. The van der Waals surface area contributed by atoms with Gasteiger partial charge in [0.25, 0.3) is 9.05 Å². The number of hydrogen-bond donors (Lipinski definition) is 0. The highest BCUT2D eigenvalue weighted by atomic mass is 35.7. The molecule has 8 heteroatoms. The van der Waals surface area contributed by atoms with Crippen LogP contribution in [0, 0.1) is 0 Å². The van der Waals surface area contributed by atoms with Crippen molar-refractivity contribution in [2.75, 3.05) is 0 Å².